The smallest absolute Gasteiger partial charge is 0.252 e. The SMILES string of the molecule is O=C(NCCc1ccc(CCN2CCCCC2)cc1)c1ccc(O)cc1Cl. The van der Waals surface area contributed by atoms with E-state index < -0.39 is 0 Å². The number of likely N-dealkylation sites (tertiary alicyclic amines) is 1. The predicted molar refractivity (Wildman–Crippen MR) is 110 cm³/mol. The van der Waals surface area contributed by atoms with E-state index in [0.29, 0.717) is 12.1 Å². The van der Waals surface area contributed by atoms with E-state index in [2.05, 4.69) is 34.5 Å². The van der Waals surface area contributed by atoms with Gasteiger partial charge in [-0.15, -0.1) is 0 Å². The van der Waals surface area contributed by atoms with Crippen LogP contribution >= 0.6 is 11.6 Å². The van der Waals surface area contributed by atoms with Crippen LogP contribution in [0.25, 0.3) is 0 Å². The van der Waals surface area contributed by atoms with Crippen molar-refractivity contribution in [3.05, 3.63) is 64.2 Å². The number of hydrogen-bond donors (Lipinski definition) is 2. The van der Waals surface area contributed by atoms with Gasteiger partial charge in [0, 0.05) is 13.1 Å². The molecule has 0 unspecified atom stereocenters. The molecule has 2 aromatic carbocycles. The Morgan fingerprint density at radius 2 is 1.67 bits per heavy atom. The quantitative estimate of drug-likeness (QED) is 0.754. The van der Waals surface area contributed by atoms with Gasteiger partial charge in [0.1, 0.15) is 5.75 Å². The summed E-state index contributed by atoms with van der Waals surface area (Å²) >= 11 is 6.00. The number of rotatable bonds is 7. The molecule has 1 fully saturated rings. The number of benzene rings is 2. The van der Waals surface area contributed by atoms with Gasteiger partial charge in [-0.05, 0) is 68.1 Å². The van der Waals surface area contributed by atoms with Crippen LogP contribution in [-0.2, 0) is 12.8 Å². The number of amides is 1. The second kappa shape index (κ2) is 9.77. The minimum Gasteiger partial charge on any atom is -0.508 e. The highest BCUT2D eigenvalue weighted by Crippen LogP contribution is 2.21. The van der Waals surface area contributed by atoms with Crippen molar-refractivity contribution in [1.29, 1.82) is 0 Å². The van der Waals surface area contributed by atoms with Crippen LogP contribution in [0.2, 0.25) is 5.02 Å². The van der Waals surface area contributed by atoms with Crippen LogP contribution in [-0.4, -0.2) is 42.1 Å². The monoisotopic (exact) mass is 386 g/mol. The number of carbonyl (C=O) groups excluding carboxylic acids is 1. The van der Waals surface area contributed by atoms with Crippen LogP contribution in [0.15, 0.2) is 42.5 Å². The summed E-state index contributed by atoms with van der Waals surface area (Å²) in [5.74, 6) is -0.171. The third-order valence-corrected chi connectivity index (χ3v) is 5.40. The van der Waals surface area contributed by atoms with Crippen molar-refractivity contribution in [2.45, 2.75) is 32.1 Å². The zero-order valence-corrected chi connectivity index (χ0v) is 16.3. The van der Waals surface area contributed by atoms with Crippen LogP contribution in [0.5, 0.6) is 5.75 Å². The third kappa shape index (κ3) is 5.98. The molecule has 5 heteroatoms. The average Bonchev–Trinajstić information content (AvgIpc) is 2.68. The summed E-state index contributed by atoms with van der Waals surface area (Å²) in [5, 5.41) is 12.5. The van der Waals surface area contributed by atoms with E-state index in [1.165, 1.54) is 61.7 Å². The van der Waals surface area contributed by atoms with Crippen LogP contribution < -0.4 is 5.32 Å². The van der Waals surface area contributed by atoms with E-state index >= 15 is 0 Å². The van der Waals surface area contributed by atoms with E-state index in [0.717, 1.165) is 19.4 Å². The number of carbonyl (C=O) groups is 1. The molecule has 0 radical (unpaired) electrons. The van der Waals surface area contributed by atoms with Crippen LogP contribution in [0.4, 0.5) is 0 Å². The summed E-state index contributed by atoms with van der Waals surface area (Å²) in [4.78, 5) is 14.7. The fraction of sp³-hybridized carbons (Fsp3) is 0.409. The highest BCUT2D eigenvalue weighted by Gasteiger charge is 2.11. The molecule has 4 nitrogen and oxygen atoms in total. The van der Waals surface area contributed by atoms with Gasteiger partial charge in [-0.3, -0.25) is 4.79 Å². The molecular formula is C22H27ClN2O2. The van der Waals surface area contributed by atoms with Crippen LogP contribution in [0.1, 0.15) is 40.7 Å². The second-order valence-electron chi connectivity index (χ2n) is 7.14. The number of aromatic hydroxyl groups is 1. The Bertz CT molecular complexity index is 755. The second-order valence-corrected chi connectivity index (χ2v) is 7.55. The van der Waals surface area contributed by atoms with Crippen molar-refractivity contribution >= 4 is 17.5 Å². The Balaban J connectivity index is 1.42. The molecule has 0 saturated carbocycles. The molecule has 144 valence electrons. The van der Waals surface area contributed by atoms with Gasteiger partial charge in [0.15, 0.2) is 0 Å². The zero-order valence-electron chi connectivity index (χ0n) is 15.6. The summed E-state index contributed by atoms with van der Waals surface area (Å²) < 4.78 is 0. The molecule has 0 atom stereocenters. The van der Waals surface area contributed by atoms with E-state index in [9.17, 15) is 9.90 Å². The third-order valence-electron chi connectivity index (χ3n) is 5.08. The average molecular weight is 387 g/mol. The minimum atomic E-state index is -0.224. The normalized spacial score (nSPS) is 14.9. The van der Waals surface area contributed by atoms with Crippen molar-refractivity contribution in [2.24, 2.45) is 0 Å². The summed E-state index contributed by atoms with van der Waals surface area (Å²) in [5.41, 5.74) is 2.94. The van der Waals surface area contributed by atoms with Gasteiger partial charge in [0.25, 0.3) is 5.91 Å². The topological polar surface area (TPSA) is 52.6 Å². The molecule has 0 bridgehead atoms. The molecular weight excluding hydrogens is 360 g/mol. The molecule has 1 amide bonds. The number of halogens is 1. The molecule has 1 heterocycles. The lowest BCUT2D eigenvalue weighted by Crippen LogP contribution is -2.31. The molecule has 2 N–H and O–H groups in total. The maximum absolute atomic E-state index is 12.2. The molecule has 2 aromatic rings. The van der Waals surface area contributed by atoms with Gasteiger partial charge in [-0.2, -0.15) is 0 Å². The fourth-order valence-electron chi connectivity index (χ4n) is 3.45. The lowest BCUT2D eigenvalue weighted by atomic mass is 10.1. The molecule has 0 spiro atoms. The highest BCUT2D eigenvalue weighted by atomic mass is 35.5. The van der Waals surface area contributed by atoms with Crippen molar-refractivity contribution < 1.29 is 9.90 Å². The number of hydrogen-bond acceptors (Lipinski definition) is 3. The molecule has 1 saturated heterocycles. The van der Waals surface area contributed by atoms with Crippen molar-refractivity contribution in [3.63, 3.8) is 0 Å². The van der Waals surface area contributed by atoms with E-state index in [4.69, 9.17) is 11.6 Å². The van der Waals surface area contributed by atoms with Gasteiger partial charge in [0.05, 0.1) is 10.6 Å². The summed E-state index contributed by atoms with van der Waals surface area (Å²) in [6, 6.07) is 13.0. The molecule has 27 heavy (non-hydrogen) atoms. The summed E-state index contributed by atoms with van der Waals surface area (Å²) in [7, 11) is 0. The Hall–Kier alpha value is -2.04. The number of phenolic OH excluding ortho intramolecular Hbond substituents is 1. The van der Waals surface area contributed by atoms with Gasteiger partial charge < -0.3 is 15.3 Å². The standard InChI is InChI=1S/C22H27ClN2O2/c23-21-16-19(26)8-9-20(21)22(27)24-12-10-17-4-6-18(7-5-17)11-15-25-13-2-1-3-14-25/h4-9,16,26H,1-3,10-15H2,(H,24,27). The molecule has 3 rings (SSSR count). The maximum atomic E-state index is 12.2. The van der Waals surface area contributed by atoms with Crippen LogP contribution in [0, 0.1) is 0 Å². The first-order chi connectivity index (χ1) is 13.1. The largest absolute Gasteiger partial charge is 0.508 e. The number of phenols is 1. The number of piperidine rings is 1. The lowest BCUT2D eigenvalue weighted by Gasteiger charge is -2.26. The fourth-order valence-corrected chi connectivity index (χ4v) is 3.71. The van der Waals surface area contributed by atoms with Crippen molar-refractivity contribution in [1.82, 2.24) is 10.2 Å². The van der Waals surface area contributed by atoms with Gasteiger partial charge >= 0.3 is 0 Å². The first-order valence-corrected chi connectivity index (χ1v) is 10.1. The van der Waals surface area contributed by atoms with Gasteiger partial charge in [-0.25, -0.2) is 0 Å². The molecule has 1 aliphatic rings. The highest BCUT2D eigenvalue weighted by molar-refractivity contribution is 6.34. The Morgan fingerprint density at radius 3 is 2.33 bits per heavy atom. The van der Waals surface area contributed by atoms with E-state index in [1.54, 1.807) is 0 Å². The first-order valence-electron chi connectivity index (χ1n) is 9.69. The van der Waals surface area contributed by atoms with Crippen molar-refractivity contribution in [3.8, 4) is 5.75 Å². The van der Waals surface area contributed by atoms with Crippen molar-refractivity contribution in [2.75, 3.05) is 26.2 Å². The summed E-state index contributed by atoms with van der Waals surface area (Å²) in [6.45, 7) is 4.16. The molecule has 0 aromatic heterocycles. The number of nitrogens with zero attached hydrogens (tertiary/aromatic N) is 1. The van der Waals surface area contributed by atoms with Crippen LogP contribution in [0.3, 0.4) is 0 Å². The summed E-state index contributed by atoms with van der Waals surface area (Å²) in [6.07, 6.45) is 5.91. The van der Waals surface area contributed by atoms with Gasteiger partial charge in [-0.1, -0.05) is 42.3 Å². The Morgan fingerprint density at radius 1 is 1.00 bits per heavy atom. The van der Waals surface area contributed by atoms with Gasteiger partial charge in [0.2, 0.25) is 0 Å². The predicted octanol–water partition coefficient (Wildman–Crippen LogP) is 4.05. The van der Waals surface area contributed by atoms with E-state index in [1.807, 2.05) is 0 Å². The lowest BCUT2D eigenvalue weighted by molar-refractivity contribution is 0.0954. The Labute approximate surface area is 166 Å². The minimum absolute atomic E-state index is 0.0527. The Kier molecular flexibility index (Phi) is 7.13. The first kappa shape index (κ1) is 19.7. The molecule has 0 aliphatic carbocycles. The zero-order chi connectivity index (χ0) is 19.1. The number of nitrogens with one attached hydrogen (secondary N) is 1. The maximum Gasteiger partial charge on any atom is 0.252 e. The molecule has 1 aliphatic heterocycles. The van der Waals surface area contributed by atoms with E-state index in [-0.39, 0.29) is 16.7 Å².